The number of methoxy groups -OCH3 is 2. The summed E-state index contributed by atoms with van der Waals surface area (Å²) in [6.07, 6.45) is 2.88. The van der Waals surface area contributed by atoms with Crippen LogP contribution in [-0.4, -0.2) is 49.1 Å². The van der Waals surface area contributed by atoms with Crippen molar-refractivity contribution in [3.05, 3.63) is 81.3 Å². The largest absolute Gasteiger partial charge is 0.493 e. The third-order valence-corrected chi connectivity index (χ3v) is 6.52. The number of hydrogen-bond donors (Lipinski definition) is 0. The number of hydrogen-bond acceptors (Lipinski definition) is 7. The van der Waals surface area contributed by atoms with E-state index in [1.807, 2.05) is 6.07 Å². The van der Waals surface area contributed by atoms with E-state index in [1.54, 1.807) is 49.5 Å². The average Bonchev–Trinajstić information content (AvgIpc) is 3.41. The molecule has 1 saturated heterocycles. The van der Waals surface area contributed by atoms with E-state index in [0.717, 1.165) is 0 Å². The maximum Gasteiger partial charge on any atom is 0.294 e. The number of rotatable bonds is 8. The van der Waals surface area contributed by atoms with Crippen molar-refractivity contribution in [1.29, 1.82) is 0 Å². The Kier molecular flexibility index (Phi) is 7.57. The molecule has 0 unspecified atom stereocenters. The van der Waals surface area contributed by atoms with E-state index >= 15 is 0 Å². The lowest BCUT2D eigenvalue weighted by Gasteiger charge is -2.38. The van der Waals surface area contributed by atoms with Gasteiger partial charge in [-0.15, -0.1) is 0 Å². The topological polar surface area (TPSA) is 98.3 Å². The zero-order valence-electron chi connectivity index (χ0n) is 19.5. The van der Waals surface area contributed by atoms with Crippen LogP contribution in [0.4, 0.5) is 11.4 Å². The van der Waals surface area contributed by atoms with Gasteiger partial charge in [0.25, 0.3) is 11.6 Å². The zero-order chi connectivity index (χ0) is 24.9. The molecule has 3 aromatic rings. The number of furan rings is 1. The monoisotopic (exact) mass is 499 g/mol. The van der Waals surface area contributed by atoms with Gasteiger partial charge in [0.1, 0.15) is 0 Å². The fraction of sp³-hybridized carbons (Fsp3) is 0.320. The third-order valence-electron chi connectivity index (χ3n) is 6.15. The molecular formula is C25H26ClN3O6. The van der Waals surface area contributed by atoms with Gasteiger partial charge < -0.3 is 18.8 Å². The number of non-ortho nitro benzene ring substituents is 1. The molecule has 0 atom stereocenters. The van der Waals surface area contributed by atoms with Crippen LogP contribution in [0, 0.1) is 10.1 Å². The Balaban J connectivity index is 1.54. The smallest absolute Gasteiger partial charge is 0.294 e. The lowest BCUT2D eigenvalue weighted by molar-refractivity contribution is -0.384. The second-order valence-electron chi connectivity index (χ2n) is 8.23. The lowest BCUT2D eigenvalue weighted by atomic mass is 10.0. The summed E-state index contributed by atoms with van der Waals surface area (Å²) in [7, 11) is 3.12. The molecule has 0 radical (unpaired) electrons. The van der Waals surface area contributed by atoms with Crippen LogP contribution in [0.2, 0.25) is 5.02 Å². The fourth-order valence-corrected chi connectivity index (χ4v) is 4.54. The first-order valence-electron chi connectivity index (χ1n) is 11.2. The van der Waals surface area contributed by atoms with Gasteiger partial charge in [0.05, 0.1) is 25.4 Å². The SMILES string of the molecule is COc1ccc(N(C(=O)c2ccco2)C2CCN(Cc3cc([N+](=O)[O-])ccc3Cl)CC2)cc1OC. The van der Waals surface area contributed by atoms with Crippen molar-refractivity contribution >= 4 is 28.9 Å². The van der Waals surface area contributed by atoms with E-state index in [-0.39, 0.29) is 23.4 Å². The summed E-state index contributed by atoms with van der Waals surface area (Å²) in [5.41, 5.74) is 1.41. The molecule has 184 valence electrons. The molecule has 0 spiro atoms. The van der Waals surface area contributed by atoms with Crippen LogP contribution >= 0.6 is 11.6 Å². The Bertz CT molecular complexity index is 1190. The van der Waals surface area contributed by atoms with Gasteiger partial charge in [0.2, 0.25) is 0 Å². The van der Waals surface area contributed by atoms with Crippen molar-refractivity contribution in [3.8, 4) is 11.5 Å². The van der Waals surface area contributed by atoms with Gasteiger partial charge in [-0.1, -0.05) is 11.6 Å². The van der Waals surface area contributed by atoms with Crippen LogP contribution in [0.3, 0.4) is 0 Å². The Morgan fingerprint density at radius 2 is 1.89 bits per heavy atom. The van der Waals surface area contributed by atoms with E-state index in [0.29, 0.717) is 60.2 Å². The number of ether oxygens (including phenoxy) is 2. The van der Waals surface area contributed by atoms with Crippen molar-refractivity contribution < 1.29 is 23.6 Å². The molecule has 1 amide bonds. The van der Waals surface area contributed by atoms with E-state index in [2.05, 4.69) is 4.90 Å². The lowest BCUT2D eigenvalue weighted by Crippen LogP contribution is -2.47. The molecule has 0 bridgehead atoms. The third kappa shape index (κ3) is 5.41. The number of anilines is 1. The van der Waals surface area contributed by atoms with Crippen LogP contribution in [0.1, 0.15) is 29.0 Å². The van der Waals surface area contributed by atoms with Gasteiger partial charge in [0, 0.05) is 54.6 Å². The Morgan fingerprint density at radius 3 is 2.51 bits per heavy atom. The Morgan fingerprint density at radius 1 is 1.14 bits per heavy atom. The molecule has 2 heterocycles. The molecule has 1 aliphatic heterocycles. The molecule has 0 saturated carbocycles. The highest BCUT2D eigenvalue weighted by atomic mass is 35.5. The molecule has 4 rings (SSSR count). The van der Waals surface area contributed by atoms with Crippen LogP contribution in [0.15, 0.2) is 59.2 Å². The molecule has 1 aromatic heterocycles. The van der Waals surface area contributed by atoms with E-state index in [1.165, 1.54) is 18.4 Å². The fourth-order valence-electron chi connectivity index (χ4n) is 4.36. The van der Waals surface area contributed by atoms with Crippen molar-refractivity contribution in [2.75, 3.05) is 32.2 Å². The standard InChI is InChI=1S/C25H26ClN3O6/c1-33-22-8-6-19(15-24(22)34-2)28(25(30)23-4-3-13-35-23)18-9-11-27(12-10-18)16-17-14-20(29(31)32)5-7-21(17)26/h3-8,13-15,18H,9-12,16H2,1-2H3. The van der Waals surface area contributed by atoms with E-state index < -0.39 is 4.92 Å². The summed E-state index contributed by atoms with van der Waals surface area (Å²) in [5, 5.41) is 11.6. The summed E-state index contributed by atoms with van der Waals surface area (Å²) in [6, 6.07) is 13.1. The molecule has 0 N–H and O–H groups in total. The maximum atomic E-state index is 13.4. The molecular weight excluding hydrogens is 474 g/mol. The molecule has 1 fully saturated rings. The van der Waals surface area contributed by atoms with Gasteiger partial charge >= 0.3 is 0 Å². The minimum Gasteiger partial charge on any atom is -0.493 e. The first-order chi connectivity index (χ1) is 16.9. The number of carbonyl (C=O) groups excluding carboxylic acids is 1. The predicted octanol–water partition coefficient (Wildman–Crippen LogP) is 5.17. The second-order valence-corrected chi connectivity index (χ2v) is 8.64. The maximum absolute atomic E-state index is 13.4. The average molecular weight is 500 g/mol. The molecule has 35 heavy (non-hydrogen) atoms. The summed E-state index contributed by atoms with van der Waals surface area (Å²) in [4.78, 5) is 28.1. The van der Waals surface area contributed by atoms with Crippen molar-refractivity contribution in [2.24, 2.45) is 0 Å². The van der Waals surface area contributed by atoms with Crippen molar-refractivity contribution in [3.63, 3.8) is 0 Å². The number of nitrogens with zero attached hydrogens (tertiary/aromatic N) is 3. The van der Waals surface area contributed by atoms with Gasteiger partial charge in [-0.2, -0.15) is 0 Å². The molecule has 9 nitrogen and oxygen atoms in total. The quantitative estimate of drug-likeness (QED) is 0.311. The number of benzene rings is 2. The number of halogens is 1. The van der Waals surface area contributed by atoms with E-state index in [9.17, 15) is 14.9 Å². The highest BCUT2D eigenvalue weighted by Crippen LogP contribution is 2.35. The summed E-state index contributed by atoms with van der Waals surface area (Å²) in [5.74, 6) is 1.12. The van der Waals surface area contributed by atoms with Crippen LogP contribution < -0.4 is 14.4 Å². The molecule has 1 aliphatic rings. The van der Waals surface area contributed by atoms with Crippen LogP contribution in [0.25, 0.3) is 0 Å². The normalized spacial score (nSPS) is 14.5. The second kappa shape index (κ2) is 10.8. The van der Waals surface area contributed by atoms with Crippen LogP contribution in [-0.2, 0) is 6.54 Å². The Labute approximate surface area is 207 Å². The van der Waals surface area contributed by atoms with Gasteiger partial charge in [0.15, 0.2) is 17.3 Å². The number of amides is 1. The van der Waals surface area contributed by atoms with Crippen molar-refractivity contribution in [1.82, 2.24) is 4.90 Å². The number of nitro benzene ring substituents is 1. The van der Waals surface area contributed by atoms with E-state index in [4.69, 9.17) is 25.5 Å². The molecule has 2 aromatic carbocycles. The number of carbonyl (C=O) groups is 1. The summed E-state index contributed by atoms with van der Waals surface area (Å²) >= 11 is 6.30. The summed E-state index contributed by atoms with van der Waals surface area (Å²) in [6.45, 7) is 1.88. The Hall–Kier alpha value is -3.56. The number of likely N-dealkylation sites (tertiary alicyclic amines) is 1. The zero-order valence-corrected chi connectivity index (χ0v) is 20.2. The highest BCUT2D eigenvalue weighted by molar-refractivity contribution is 6.31. The number of piperidine rings is 1. The van der Waals surface area contributed by atoms with Gasteiger partial charge in [-0.3, -0.25) is 19.8 Å². The predicted molar refractivity (Wildman–Crippen MR) is 131 cm³/mol. The first kappa shape index (κ1) is 24.6. The minimum absolute atomic E-state index is 0.0166. The molecule has 0 aliphatic carbocycles. The van der Waals surface area contributed by atoms with Crippen molar-refractivity contribution in [2.45, 2.75) is 25.4 Å². The number of nitro groups is 1. The summed E-state index contributed by atoms with van der Waals surface area (Å²) < 4.78 is 16.2. The van der Waals surface area contributed by atoms with Gasteiger partial charge in [-0.05, 0) is 48.7 Å². The first-order valence-corrected chi connectivity index (χ1v) is 11.5. The van der Waals surface area contributed by atoms with Crippen LogP contribution in [0.5, 0.6) is 11.5 Å². The van der Waals surface area contributed by atoms with Gasteiger partial charge in [-0.25, -0.2) is 0 Å². The highest BCUT2D eigenvalue weighted by Gasteiger charge is 2.32. The minimum atomic E-state index is -0.423. The molecule has 10 heteroatoms.